The quantitative estimate of drug-likeness (QED) is 0.667. The van der Waals surface area contributed by atoms with Crippen LogP contribution in [0.4, 0.5) is 19.0 Å². The Morgan fingerprint density at radius 1 is 1.38 bits per heavy atom. The standard InChI is InChI=1S/C20H21ClF3N5O3/c1-10(11-6-14(21)16(27-7-11)32-9-20(22,23)24)29-8-13-12(17(29)30)4-5-26-15(13)28-18(31)19(2,3)25/h4-7,10H,8-9,25H2,1-3H3,(H,26,28,31). The largest absolute Gasteiger partial charge is 0.467 e. The maximum atomic E-state index is 13.0. The summed E-state index contributed by atoms with van der Waals surface area (Å²) in [4.78, 5) is 34.8. The van der Waals surface area contributed by atoms with Gasteiger partial charge in [0.1, 0.15) is 10.8 Å². The SMILES string of the molecule is CC(c1cnc(OCC(F)(F)F)c(Cl)c1)N1Cc2c(ccnc2NC(=O)C(C)(C)N)C1=O. The van der Waals surface area contributed by atoms with Crippen molar-refractivity contribution in [1.29, 1.82) is 0 Å². The molecule has 0 saturated heterocycles. The summed E-state index contributed by atoms with van der Waals surface area (Å²) in [5.74, 6) is -0.871. The molecule has 1 aliphatic rings. The van der Waals surface area contributed by atoms with Crippen LogP contribution in [0, 0.1) is 0 Å². The first kappa shape index (κ1) is 23.7. The van der Waals surface area contributed by atoms with Gasteiger partial charge in [-0.05, 0) is 38.5 Å². The molecule has 0 aliphatic carbocycles. The van der Waals surface area contributed by atoms with Gasteiger partial charge in [0.25, 0.3) is 5.91 Å². The van der Waals surface area contributed by atoms with E-state index >= 15 is 0 Å². The van der Waals surface area contributed by atoms with Gasteiger partial charge in [-0.1, -0.05) is 11.6 Å². The van der Waals surface area contributed by atoms with Crippen molar-refractivity contribution in [3.8, 4) is 5.88 Å². The monoisotopic (exact) mass is 471 g/mol. The van der Waals surface area contributed by atoms with Crippen molar-refractivity contribution in [1.82, 2.24) is 14.9 Å². The number of halogens is 4. The molecule has 1 aliphatic heterocycles. The van der Waals surface area contributed by atoms with Gasteiger partial charge in [-0.3, -0.25) is 9.59 Å². The highest BCUT2D eigenvalue weighted by Crippen LogP contribution is 2.35. The molecule has 0 fully saturated rings. The Morgan fingerprint density at radius 3 is 2.66 bits per heavy atom. The van der Waals surface area contributed by atoms with Crippen LogP contribution in [0.2, 0.25) is 5.02 Å². The lowest BCUT2D eigenvalue weighted by Crippen LogP contribution is -2.45. The second kappa shape index (κ2) is 8.55. The highest BCUT2D eigenvalue weighted by atomic mass is 35.5. The van der Waals surface area contributed by atoms with E-state index in [1.807, 2.05) is 0 Å². The number of aromatic nitrogens is 2. The normalized spacial score (nSPS) is 14.9. The highest BCUT2D eigenvalue weighted by molar-refractivity contribution is 6.31. The van der Waals surface area contributed by atoms with E-state index in [1.54, 1.807) is 26.8 Å². The zero-order valence-corrected chi connectivity index (χ0v) is 18.2. The predicted molar refractivity (Wildman–Crippen MR) is 110 cm³/mol. The second-order valence-corrected chi connectivity index (χ2v) is 8.34. The van der Waals surface area contributed by atoms with Crippen LogP contribution in [-0.4, -0.2) is 45.0 Å². The number of anilines is 1. The first-order valence-electron chi connectivity index (χ1n) is 9.52. The van der Waals surface area contributed by atoms with Crippen LogP contribution in [0.15, 0.2) is 24.5 Å². The van der Waals surface area contributed by atoms with Crippen LogP contribution >= 0.6 is 11.6 Å². The van der Waals surface area contributed by atoms with Crippen molar-refractivity contribution in [2.75, 3.05) is 11.9 Å². The summed E-state index contributed by atoms with van der Waals surface area (Å²) in [5, 5.41) is 2.54. The molecule has 2 aromatic heterocycles. The average Bonchev–Trinajstić information content (AvgIpc) is 3.03. The van der Waals surface area contributed by atoms with Crippen molar-refractivity contribution in [3.63, 3.8) is 0 Å². The number of hydrogen-bond donors (Lipinski definition) is 2. The molecule has 1 unspecified atom stereocenters. The Hall–Kier alpha value is -2.92. The van der Waals surface area contributed by atoms with Crippen LogP contribution in [0.5, 0.6) is 5.88 Å². The number of ether oxygens (including phenoxy) is 1. The van der Waals surface area contributed by atoms with Crippen LogP contribution in [0.1, 0.15) is 48.3 Å². The lowest BCUT2D eigenvalue weighted by atomic mass is 10.1. The predicted octanol–water partition coefficient (Wildman–Crippen LogP) is 3.46. The molecule has 8 nitrogen and oxygen atoms in total. The van der Waals surface area contributed by atoms with Crippen molar-refractivity contribution >= 4 is 29.2 Å². The molecule has 32 heavy (non-hydrogen) atoms. The lowest BCUT2D eigenvalue weighted by Gasteiger charge is -2.25. The molecule has 3 heterocycles. The number of nitrogens with zero attached hydrogens (tertiary/aromatic N) is 3. The Kier molecular flexibility index (Phi) is 6.34. The summed E-state index contributed by atoms with van der Waals surface area (Å²) in [6, 6.07) is 2.43. The molecule has 0 aromatic carbocycles. The molecule has 0 bridgehead atoms. The van der Waals surface area contributed by atoms with E-state index in [2.05, 4.69) is 20.0 Å². The minimum atomic E-state index is -4.52. The van der Waals surface area contributed by atoms with Crippen LogP contribution in [0.3, 0.4) is 0 Å². The maximum absolute atomic E-state index is 13.0. The van der Waals surface area contributed by atoms with Crippen LogP contribution < -0.4 is 15.8 Å². The van der Waals surface area contributed by atoms with E-state index < -0.39 is 30.3 Å². The van der Waals surface area contributed by atoms with Gasteiger partial charge in [-0.25, -0.2) is 9.97 Å². The van der Waals surface area contributed by atoms with E-state index in [0.717, 1.165) is 0 Å². The molecular weight excluding hydrogens is 451 g/mol. The molecule has 2 amide bonds. The second-order valence-electron chi connectivity index (χ2n) is 7.93. The van der Waals surface area contributed by atoms with Gasteiger partial charge < -0.3 is 20.7 Å². The molecule has 1 atom stereocenters. The molecule has 0 spiro atoms. The number of pyridine rings is 2. The van der Waals surface area contributed by atoms with Crippen molar-refractivity contribution < 1.29 is 27.5 Å². The van der Waals surface area contributed by atoms with E-state index in [0.29, 0.717) is 16.7 Å². The number of amides is 2. The summed E-state index contributed by atoms with van der Waals surface area (Å²) in [7, 11) is 0. The van der Waals surface area contributed by atoms with Gasteiger partial charge in [0.05, 0.1) is 18.1 Å². The lowest BCUT2D eigenvalue weighted by molar-refractivity contribution is -0.154. The number of hydrogen-bond acceptors (Lipinski definition) is 6. The minimum absolute atomic E-state index is 0.109. The summed E-state index contributed by atoms with van der Waals surface area (Å²) in [6.07, 6.45) is -1.81. The van der Waals surface area contributed by atoms with Gasteiger partial charge in [-0.2, -0.15) is 13.2 Å². The molecule has 2 aromatic rings. The highest BCUT2D eigenvalue weighted by Gasteiger charge is 2.35. The van der Waals surface area contributed by atoms with Crippen molar-refractivity contribution in [2.24, 2.45) is 5.73 Å². The average molecular weight is 472 g/mol. The topological polar surface area (TPSA) is 110 Å². The minimum Gasteiger partial charge on any atom is -0.467 e. The number of alkyl halides is 3. The van der Waals surface area contributed by atoms with Crippen molar-refractivity contribution in [2.45, 2.75) is 45.1 Å². The molecular formula is C20H21ClF3N5O3. The number of carbonyl (C=O) groups is 2. The first-order chi connectivity index (χ1) is 14.8. The third-order valence-corrected chi connectivity index (χ3v) is 5.11. The summed E-state index contributed by atoms with van der Waals surface area (Å²) >= 11 is 6.03. The smallest absolute Gasteiger partial charge is 0.422 e. The Balaban J connectivity index is 1.80. The van der Waals surface area contributed by atoms with Crippen LogP contribution in [0.25, 0.3) is 0 Å². The Morgan fingerprint density at radius 2 is 2.06 bits per heavy atom. The van der Waals surface area contributed by atoms with Gasteiger partial charge >= 0.3 is 6.18 Å². The fourth-order valence-corrected chi connectivity index (χ4v) is 3.27. The number of carbonyl (C=O) groups excluding carboxylic acids is 2. The van der Waals surface area contributed by atoms with Gasteiger partial charge in [0, 0.05) is 23.5 Å². The number of fused-ring (bicyclic) bond motifs is 1. The molecule has 172 valence electrons. The third kappa shape index (κ3) is 5.10. The number of rotatable bonds is 6. The van der Waals surface area contributed by atoms with Gasteiger partial charge in [-0.15, -0.1) is 0 Å². The zero-order chi connectivity index (χ0) is 23.8. The van der Waals surface area contributed by atoms with Crippen LogP contribution in [-0.2, 0) is 11.3 Å². The number of nitrogens with one attached hydrogen (secondary N) is 1. The van der Waals surface area contributed by atoms with Gasteiger partial charge in [0.15, 0.2) is 6.61 Å². The number of nitrogens with two attached hydrogens (primary N) is 1. The van der Waals surface area contributed by atoms with Gasteiger partial charge in [0.2, 0.25) is 11.8 Å². The fraction of sp³-hybridized carbons (Fsp3) is 0.400. The third-order valence-electron chi connectivity index (χ3n) is 4.84. The Labute approximate surface area is 186 Å². The van der Waals surface area contributed by atoms with E-state index in [9.17, 15) is 22.8 Å². The van der Waals surface area contributed by atoms with E-state index in [1.165, 1.54) is 23.4 Å². The molecule has 3 rings (SSSR count). The zero-order valence-electron chi connectivity index (χ0n) is 17.5. The molecule has 12 heteroatoms. The molecule has 3 N–H and O–H groups in total. The van der Waals surface area contributed by atoms with Crippen molar-refractivity contribution in [3.05, 3.63) is 46.2 Å². The van der Waals surface area contributed by atoms with E-state index in [4.69, 9.17) is 17.3 Å². The first-order valence-corrected chi connectivity index (χ1v) is 9.90. The summed E-state index contributed by atoms with van der Waals surface area (Å²) in [5.41, 5.74) is 6.08. The summed E-state index contributed by atoms with van der Waals surface area (Å²) < 4.78 is 41.7. The maximum Gasteiger partial charge on any atom is 0.422 e. The molecule has 0 radical (unpaired) electrons. The Bertz CT molecular complexity index is 1060. The fourth-order valence-electron chi connectivity index (χ4n) is 3.04. The molecule has 0 saturated carbocycles. The van der Waals surface area contributed by atoms with E-state index in [-0.39, 0.29) is 29.2 Å². The summed E-state index contributed by atoms with van der Waals surface area (Å²) in [6.45, 7) is 3.44.